The molecule has 0 spiro atoms. The highest BCUT2D eigenvalue weighted by atomic mass is 15.1. The monoisotopic (exact) mass is 182 g/mol. The van der Waals surface area contributed by atoms with Gasteiger partial charge in [0.15, 0.2) is 0 Å². The van der Waals surface area contributed by atoms with Crippen molar-refractivity contribution in [3.8, 4) is 0 Å². The zero-order valence-electron chi connectivity index (χ0n) is 9.42. The molecule has 1 aliphatic rings. The highest BCUT2D eigenvalue weighted by molar-refractivity contribution is 4.85. The van der Waals surface area contributed by atoms with Crippen LogP contribution in [-0.4, -0.2) is 18.5 Å². The maximum Gasteiger partial charge on any atom is 0.0279 e. The van der Waals surface area contributed by atoms with Crippen molar-refractivity contribution in [3.05, 3.63) is 6.54 Å². The molecular formula is C12H24N. The van der Waals surface area contributed by atoms with Crippen LogP contribution in [0.1, 0.15) is 46.0 Å². The Balaban J connectivity index is 2.33. The fourth-order valence-corrected chi connectivity index (χ4v) is 2.57. The van der Waals surface area contributed by atoms with Crippen molar-refractivity contribution < 1.29 is 0 Å². The van der Waals surface area contributed by atoms with Crippen LogP contribution in [0, 0.1) is 18.4 Å². The molecule has 1 radical (unpaired) electrons. The van der Waals surface area contributed by atoms with E-state index in [1.165, 1.54) is 38.6 Å². The summed E-state index contributed by atoms with van der Waals surface area (Å²) in [7, 11) is 2.23. The molecule has 1 heterocycles. The summed E-state index contributed by atoms with van der Waals surface area (Å²) in [6, 6.07) is 0. The van der Waals surface area contributed by atoms with Gasteiger partial charge < -0.3 is 4.90 Å². The summed E-state index contributed by atoms with van der Waals surface area (Å²) in [5.41, 5.74) is 0. The molecule has 0 aromatic rings. The molecule has 77 valence electrons. The van der Waals surface area contributed by atoms with Gasteiger partial charge in [0.2, 0.25) is 0 Å². The average molecular weight is 182 g/mol. The Morgan fingerprint density at radius 1 is 1.23 bits per heavy atom. The third-order valence-corrected chi connectivity index (χ3v) is 3.00. The van der Waals surface area contributed by atoms with E-state index in [1.807, 2.05) is 0 Å². The van der Waals surface area contributed by atoms with Gasteiger partial charge in [-0.25, -0.2) is 0 Å². The van der Waals surface area contributed by atoms with Gasteiger partial charge in [0, 0.05) is 13.1 Å². The van der Waals surface area contributed by atoms with E-state index < -0.39 is 0 Å². The van der Waals surface area contributed by atoms with E-state index >= 15 is 0 Å². The molecule has 0 amide bonds. The van der Waals surface area contributed by atoms with Gasteiger partial charge in [-0.2, -0.15) is 0 Å². The van der Waals surface area contributed by atoms with Gasteiger partial charge >= 0.3 is 0 Å². The fraction of sp³-hybridized carbons (Fsp3) is 0.917. The first-order valence-corrected chi connectivity index (χ1v) is 5.81. The first-order chi connectivity index (χ1) is 6.26. The van der Waals surface area contributed by atoms with Gasteiger partial charge in [-0.1, -0.05) is 26.7 Å². The van der Waals surface area contributed by atoms with Gasteiger partial charge in [0.05, 0.1) is 0 Å². The van der Waals surface area contributed by atoms with Crippen LogP contribution in [0.25, 0.3) is 0 Å². The average Bonchev–Trinajstić information content (AvgIpc) is 2.04. The summed E-state index contributed by atoms with van der Waals surface area (Å²) >= 11 is 0. The molecule has 0 bridgehead atoms. The van der Waals surface area contributed by atoms with E-state index in [4.69, 9.17) is 0 Å². The quantitative estimate of drug-likeness (QED) is 0.644. The van der Waals surface area contributed by atoms with Crippen molar-refractivity contribution in [3.63, 3.8) is 0 Å². The molecule has 1 rings (SSSR count). The van der Waals surface area contributed by atoms with Crippen LogP contribution in [0.2, 0.25) is 0 Å². The molecule has 1 nitrogen and oxygen atoms in total. The Labute approximate surface area is 83.5 Å². The van der Waals surface area contributed by atoms with Gasteiger partial charge in [-0.3, -0.25) is 0 Å². The van der Waals surface area contributed by atoms with Crippen molar-refractivity contribution in [2.45, 2.75) is 46.0 Å². The minimum atomic E-state index is 0.861. The number of piperidine rings is 1. The highest BCUT2D eigenvalue weighted by Crippen LogP contribution is 2.29. The van der Waals surface area contributed by atoms with Crippen LogP contribution < -0.4 is 0 Å². The van der Waals surface area contributed by atoms with Crippen LogP contribution in [0.4, 0.5) is 0 Å². The molecule has 0 aromatic carbocycles. The molecule has 2 atom stereocenters. The predicted octanol–water partition coefficient (Wildman–Crippen LogP) is 3.32. The summed E-state index contributed by atoms with van der Waals surface area (Å²) in [6.07, 6.45) is 6.90. The summed E-state index contributed by atoms with van der Waals surface area (Å²) in [6.45, 7) is 8.31. The summed E-state index contributed by atoms with van der Waals surface area (Å²) in [5, 5.41) is 0. The smallest absolute Gasteiger partial charge is 0.0279 e. The van der Waals surface area contributed by atoms with E-state index in [0.717, 1.165) is 11.8 Å². The largest absolute Gasteiger partial charge is 0.301 e. The second kappa shape index (κ2) is 5.64. The van der Waals surface area contributed by atoms with Gasteiger partial charge in [0.1, 0.15) is 0 Å². The summed E-state index contributed by atoms with van der Waals surface area (Å²) in [4.78, 5) is 2.41. The molecule has 1 fully saturated rings. The molecule has 1 saturated heterocycles. The van der Waals surface area contributed by atoms with Crippen molar-refractivity contribution in [2.24, 2.45) is 11.8 Å². The third-order valence-electron chi connectivity index (χ3n) is 3.00. The highest BCUT2D eigenvalue weighted by Gasteiger charge is 2.23. The molecule has 2 unspecified atom stereocenters. The number of nitrogens with zero attached hydrogens (tertiary/aromatic N) is 1. The number of rotatable bonds is 4. The molecule has 0 N–H and O–H groups in total. The normalized spacial score (nSPS) is 30.7. The van der Waals surface area contributed by atoms with E-state index in [-0.39, 0.29) is 0 Å². The molecule has 1 aliphatic heterocycles. The lowest BCUT2D eigenvalue weighted by Crippen LogP contribution is -2.33. The molecule has 0 aromatic heterocycles. The summed E-state index contributed by atoms with van der Waals surface area (Å²) in [5.74, 6) is 1.82. The third kappa shape index (κ3) is 3.68. The number of hydrogen-bond donors (Lipinski definition) is 0. The maximum atomic E-state index is 2.44. The minimum Gasteiger partial charge on any atom is -0.301 e. The second-order valence-electron chi connectivity index (χ2n) is 4.53. The van der Waals surface area contributed by atoms with E-state index in [9.17, 15) is 0 Å². The predicted molar refractivity (Wildman–Crippen MR) is 58.3 cm³/mol. The fourth-order valence-electron chi connectivity index (χ4n) is 2.57. The van der Waals surface area contributed by atoms with Crippen LogP contribution in [0.3, 0.4) is 0 Å². The van der Waals surface area contributed by atoms with Crippen LogP contribution in [0.15, 0.2) is 0 Å². The lowest BCUT2D eigenvalue weighted by Gasteiger charge is -2.35. The van der Waals surface area contributed by atoms with Crippen LogP contribution >= 0.6 is 0 Å². The number of likely N-dealkylation sites (tertiary alicyclic amines) is 1. The Hall–Kier alpha value is -0.0400. The van der Waals surface area contributed by atoms with Crippen molar-refractivity contribution in [1.82, 2.24) is 4.90 Å². The molecule has 0 saturated carbocycles. The van der Waals surface area contributed by atoms with E-state index in [1.54, 1.807) is 0 Å². The Bertz CT molecular complexity index is 119. The molecular weight excluding hydrogens is 158 g/mol. The Kier molecular flexibility index (Phi) is 4.79. The lowest BCUT2D eigenvalue weighted by atomic mass is 9.84. The maximum absolute atomic E-state index is 2.44. The second-order valence-corrected chi connectivity index (χ2v) is 4.53. The lowest BCUT2D eigenvalue weighted by molar-refractivity contribution is 0.185. The van der Waals surface area contributed by atoms with Crippen molar-refractivity contribution in [2.75, 3.05) is 13.6 Å². The Morgan fingerprint density at radius 3 is 2.54 bits per heavy atom. The van der Waals surface area contributed by atoms with Crippen molar-refractivity contribution in [1.29, 1.82) is 0 Å². The molecule has 13 heavy (non-hydrogen) atoms. The standard InChI is InChI=1S/C12H24N/c1-4-6-11-8-12(7-5-2)10-13(3)9-11/h9,11-12H,4-8,10H2,1-3H3. The van der Waals surface area contributed by atoms with Crippen LogP contribution in [-0.2, 0) is 0 Å². The van der Waals surface area contributed by atoms with E-state index in [2.05, 4.69) is 32.3 Å². The molecule has 0 aliphatic carbocycles. The first-order valence-electron chi connectivity index (χ1n) is 5.81. The summed E-state index contributed by atoms with van der Waals surface area (Å²) < 4.78 is 0. The van der Waals surface area contributed by atoms with Gasteiger partial charge in [-0.15, -0.1) is 0 Å². The van der Waals surface area contributed by atoms with Gasteiger partial charge in [-0.05, 0) is 38.1 Å². The number of hydrogen-bond acceptors (Lipinski definition) is 1. The van der Waals surface area contributed by atoms with Crippen molar-refractivity contribution >= 4 is 0 Å². The topological polar surface area (TPSA) is 3.24 Å². The minimum absolute atomic E-state index is 0.861. The zero-order valence-corrected chi connectivity index (χ0v) is 9.42. The molecule has 1 heteroatoms. The van der Waals surface area contributed by atoms with Crippen LogP contribution in [0.5, 0.6) is 0 Å². The van der Waals surface area contributed by atoms with E-state index in [0.29, 0.717) is 0 Å². The zero-order chi connectivity index (χ0) is 9.68. The Morgan fingerprint density at radius 2 is 1.92 bits per heavy atom. The first kappa shape index (κ1) is 11.0. The van der Waals surface area contributed by atoms with Gasteiger partial charge in [0.25, 0.3) is 0 Å². The SMILES string of the molecule is CCCC1[CH]N(C)CC(CCC)C1.